The Labute approximate surface area is 214 Å². The van der Waals surface area contributed by atoms with Gasteiger partial charge in [0.25, 0.3) is 11.5 Å². The van der Waals surface area contributed by atoms with Gasteiger partial charge in [0.1, 0.15) is 30.9 Å². The van der Waals surface area contributed by atoms with Crippen LogP contribution < -0.4 is 20.8 Å². The molecule has 2 fully saturated rings. The van der Waals surface area contributed by atoms with Crippen LogP contribution in [0.15, 0.2) is 29.8 Å². The minimum absolute atomic E-state index is 0.133. The number of hydroxylamine groups is 2. The van der Waals surface area contributed by atoms with Crippen LogP contribution in [-0.4, -0.2) is 84.6 Å². The summed E-state index contributed by atoms with van der Waals surface area (Å²) in [5, 5.41) is 12.7. The van der Waals surface area contributed by atoms with Crippen molar-refractivity contribution < 1.29 is 42.8 Å². The SMILES string of the molecule is Cn1c[n+]([C@@H]2O[C@H](COP(=O)([O-])n3ccnc3)C(OCON3CCC[C@H]3C=O)[C@@H]2O)c2nc(N)[nH]c(=O)c21. The first-order valence-corrected chi connectivity index (χ1v) is 13.2. The number of nitrogens with one attached hydrogen (secondary N) is 1. The van der Waals surface area contributed by atoms with E-state index in [2.05, 4.69) is 15.0 Å². The van der Waals surface area contributed by atoms with Gasteiger partial charge in [0.15, 0.2) is 13.1 Å². The number of hydrogen-bond donors (Lipinski definition) is 3. The zero-order valence-corrected chi connectivity index (χ0v) is 21.1. The maximum absolute atomic E-state index is 12.5. The Balaban J connectivity index is 1.38. The fraction of sp³-hybridized carbons (Fsp3) is 0.550. The molecule has 0 aliphatic carbocycles. The van der Waals surface area contributed by atoms with E-state index in [-0.39, 0.29) is 23.9 Å². The maximum Gasteiger partial charge on any atom is 0.313 e. The molecule has 206 valence electrons. The topological polar surface area (TPSA) is 216 Å². The van der Waals surface area contributed by atoms with Crippen LogP contribution in [0.4, 0.5) is 5.95 Å². The Hall–Kier alpha value is -3.02. The molecule has 2 unspecified atom stereocenters. The van der Waals surface area contributed by atoms with Crippen molar-refractivity contribution in [2.75, 3.05) is 25.7 Å². The van der Waals surface area contributed by atoms with Crippen molar-refractivity contribution in [1.82, 2.24) is 28.9 Å². The molecule has 0 spiro atoms. The van der Waals surface area contributed by atoms with Crippen molar-refractivity contribution in [3.05, 3.63) is 35.4 Å². The molecule has 18 heteroatoms. The van der Waals surface area contributed by atoms with Crippen LogP contribution in [0.25, 0.3) is 11.2 Å². The summed E-state index contributed by atoms with van der Waals surface area (Å²) in [6.07, 6.45) is 2.52. The smallest absolute Gasteiger partial charge is 0.313 e. The van der Waals surface area contributed by atoms with Gasteiger partial charge in [-0.3, -0.25) is 28.1 Å². The van der Waals surface area contributed by atoms with Crippen LogP contribution in [0, 0.1) is 0 Å². The molecule has 2 aliphatic rings. The van der Waals surface area contributed by atoms with E-state index in [0.29, 0.717) is 13.0 Å². The highest BCUT2D eigenvalue weighted by molar-refractivity contribution is 7.49. The molecule has 5 rings (SSSR count). The number of nitrogens with zero attached hydrogens (tertiary/aromatic N) is 6. The summed E-state index contributed by atoms with van der Waals surface area (Å²) in [7, 11) is -2.96. The largest absolute Gasteiger partial charge is 0.761 e. The van der Waals surface area contributed by atoms with E-state index in [1.165, 1.54) is 32.9 Å². The lowest BCUT2D eigenvalue weighted by Gasteiger charge is -2.27. The summed E-state index contributed by atoms with van der Waals surface area (Å²) in [5.74, 6) is -0.140. The summed E-state index contributed by atoms with van der Waals surface area (Å²) in [6, 6.07) is -0.405. The van der Waals surface area contributed by atoms with E-state index in [0.717, 1.165) is 23.4 Å². The van der Waals surface area contributed by atoms with Crippen molar-refractivity contribution in [3.63, 3.8) is 0 Å². The van der Waals surface area contributed by atoms with E-state index >= 15 is 0 Å². The number of anilines is 1. The Morgan fingerprint density at radius 3 is 3.03 bits per heavy atom. The molecule has 3 aromatic heterocycles. The Morgan fingerprint density at radius 2 is 2.29 bits per heavy atom. The number of aromatic nitrogens is 6. The van der Waals surface area contributed by atoms with Gasteiger partial charge in [0, 0.05) is 18.9 Å². The van der Waals surface area contributed by atoms with Crippen LogP contribution in [0.3, 0.4) is 0 Å². The predicted octanol–water partition coefficient (Wildman–Crippen LogP) is -2.44. The summed E-state index contributed by atoms with van der Waals surface area (Å²) < 4.78 is 33.2. The van der Waals surface area contributed by atoms with E-state index in [4.69, 9.17) is 24.6 Å². The lowest BCUT2D eigenvalue weighted by Crippen LogP contribution is -2.47. The second kappa shape index (κ2) is 10.6. The first kappa shape index (κ1) is 26.6. The molecule has 6 atom stereocenters. The van der Waals surface area contributed by atoms with Crippen LogP contribution in [0.1, 0.15) is 19.1 Å². The number of nitrogen functional groups attached to an aromatic ring is 1. The van der Waals surface area contributed by atoms with Gasteiger partial charge in [-0.25, -0.2) is 9.55 Å². The molecule has 0 aromatic carbocycles. The minimum atomic E-state index is -4.57. The van der Waals surface area contributed by atoms with Gasteiger partial charge in [0.05, 0.1) is 19.7 Å². The average Bonchev–Trinajstić information content (AvgIpc) is 3.66. The molecular formula is C20H27N8O9P. The first-order chi connectivity index (χ1) is 18.2. The van der Waals surface area contributed by atoms with Gasteiger partial charge in [-0.05, 0) is 12.8 Å². The lowest BCUT2D eigenvalue weighted by atomic mass is 10.1. The number of rotatable bonds is 10. The van der Waals surface area contributed by atoms with Crippen LogP contribution >= 0.6 is 7.75 Å². The normalized spacial score (nSPS) is 27.7. The maximum atomic E-state index is 12.5. The number of H-pyrrole nitrogens is 1. The average molecular weight is 554 g/mol. The van der Waals surface area contributed by atoms with Crippen molar-refractivity contribution in [2.24, 2.45) is 7.05 Å². The van der Waals surface area contributed by atoms with Crippen molar-refractivity contribution in [3.8, 4) is 0 Å². The van der Waals surface area contributed by atoms with Crippen molar-refractivity contribution in [1.29, 1.82) is 0 Å². The standard InChI is InChI=1S/C20H27N8O9P/c1-25-10-27(17-14(25)18(31)24-20(21)23-17)19-15(30)16(34-11-35-28-5-2-3-12(28)7-29)13(37-19)8-36-38(32,33)26-6-4-22-9-26/h4,6-7,9-10,12-13,15-16,19,30H,2-3,5,8,11H2,1H3,(H3-,21,23,24,31,32,33)/t12-,13+,15-,16?,19+/m0/s1. The number of aliphatic hydroxyl groups is 1. The van der Waals surface area contributed by atoms with E-state index < -0.39 is 50.5 Å². The third-order valence-electron chi connectivity index (χ3n) is 6.43. The summed E-state index contributed by atoms with van der Waals surface area (Å²) >= 11 is 0. The number of fused-ring (bicyclic) bond motifs is 1. The minimum Gasteiger partial charge on any atom is -0.761 e. The van der Waals surface area contributed by atoms with Gasteiger partial charge in [0.2, 0.25) is 19.5 Å². The third kappa shape index (κ3) is 5.02. The molecule has 2 aliphatic heterocycles. The number of aryl methyl sites for hydroxylation is 1. The predicted molar refractivity (Wildman–Crippen MR) is 124 cm³/mol. The highest BCUT2D eigenvalue weighted by Gasteiger charge is 2.49. The fourth-order valence-corrected chi connectivity index (χ4v) is 5.49. The lowest BCUT2D eigenvalue weighted by molar-refractivity contribution is -0.745. The van der Waals surface area contributed by atoms with E-state index in [1.54, 1.807) is 7.05 Å². The highest BCUT2D eigenvalue weighted by Crippen LogP contribution is 2.40. The van der Waals surface area contributed by atoms with E-state index in [1.807, 2.05) is 0 Å². The number of imidazole rings is 2. The van der Waals surface area contributed by atoms with Crippen LogP contribution in [-0.2, 0) is 35.2 Å². The molecule has 0 radical (unpaired) electrons. The second-order valence-electron chi connectivity index (χ2n) is 8.88. The number of aldehydes is 1. The summed E-state index contributed by atoms with van der Waals surface area (Å²) in [4.78, 5) is 52.0. The van der Waals surface area contributed by atoms with Gasteiger partial charge in [-0.1, -0.05) is 4.98 Å². The number of carbonyl (C=O) groups excluding carboxylic acids is 1. The Kier molecular flexibility index (Phi) is 7.43. The summed E-state index contributed by atoms with van der Waals surface area (Å²) in [6.45, 7) is -0.330. The zero-order valence-electron chi connectivity index (χ0n) is 20.2. The molecule has 5 heterocycles. The van der Waals surface area contributed by atoms with Crippen LogP contribution in [0.2, 0.25) is 0 Å². The van der Waals surface area contributed by atoms with Gasteiger partial charge in [-0.15, -0.1) is 0 Å². The molecule has 4 N–H and O–H groups in total. The number of hydrogen-bond acceptors (Lipinski definition) is 13. The molecule has 38 heavy (non-hydrogen) atoms. The molecule has 0 amide bonds. The highest BCUT2D eigenvalue weighted by atomic mass is 31.2. The summed E-state index contributed by atoms with van der Waals surface area (Å²) in [5.41, 5.74) is 5.54. The van der Waals surface area contributed by atoms with E-state index in [9.17, 15) is 24.2 Å². The molecular weight excluding hydrogens is 527 g/mol. The number of aliphatic hydroxyl groups excluding tert-OH is 1. The molecule has 3 aromatic rings. The first-order valence-electron chi connectivity index (χ1n) is 11.7. The monoisotopic (exact) mass is 554 g/mol. The number of ether oxygens (including phenoxy) is 2. The van der Waals surface area contributed by atoms with Crippen molar-refractivity contribution in [2.45, 2.75) is 43.4 Å². The quantitative estimate of drug-likeness (QED) is 0.103. The van der Waals surface area contributed by atoms with Crippen LogP contribution in [0.5, 0.6) is 0 Å². The number of carbonyl (C=O) groups is 1. The molecule has 0 bridgehead atoms. The Morgan fingerprint density at radius 1 is 1.47 bits per heavy atom. The third-order valence-corrected chi connectivity index (χ3v) is 7.71. The molecule has 2 saturated heterocycles. The van der Waals surface area contributed by atoms with Gasteiger partial charge in [-0.2, -0.15) is 5.06 Å². The molecule has 17 nitrogen and oxygen atoms in total. The van der Waals surface area contributed by atoms with Gasteiger partial charge < -0.3 is 34.5 Å². The number of nitrogens with two attached hydrogens (primary N) is 1. The second-order valence-corrected chi connectivity index (χ2v) is 10.5. The fourth-order valence-electron chi connectivity index (χ4n) is 4.61. The van der Waals surface area contributed by atoms with Gasteiger partial charge >= 0.3 is 5.65 Å². The number of aromatic amines is 1. The molecule has 0 saturated carbocycles. The zero-order chi connectivity index (χ0) is 27.0. The van der Waals surface area contributed by atoms with Crippen molar-refractivity contribution >= 4 is 31.1 Å². The Bertz CT molecular complexity index is 1400.